The second-order valence-corrected chi connectivity index (χ2v) is 10.7. The number of benzene rings is 2. The molecule has 2 aromatic carbocycles. The predicted molar refractivity (Wildman–Crippen MR) is 144 cm³/mol. The first-order valence-corrected chi connectivity index (χ1v) is 13.5. The van der Waals surface area contributed by atoms with E-state index < -0.39 is 5.91 Å². The van der Waals surface area contributed by atoms with Crippen LogP contribution in [0.4, 0.5) is 5.95 Å². The lowest BCUT2D eigenvalue weighted by Crippen LogP contribution is -2.39. The Balaban J connectivity index is 1.25. The van der Waals surface area contributed by atoms with E-state index in [9.17, 15) is 10.1 Å². The Bertz CT molecular complexity index is 1340. The molecule has 3 N–H and O–H groups in total. The van der Waals surface area contributed by atoms with Crippen molar-refractivity contribution in [2.75, 3.05) is 24.2 Å². The van der Waals surface area contributed by atoms with E-state index in [-0.39, 0.29) is 6.04 Å². The van der Waals surface area contributed by atoms with Gasteiger partial charge in [0.2, 0.25) is 17.7 Å². The number of primary amides is 1. The maximum Gasteiger partial charge on any atom is 0.248 e. The Morgan fingerprint density at radius 2 is 1.89 bits per heavy atom. The molecule has 1 fully saturated rings. The normalized spacial score (nSPS) is 15.7. The Labute approximate surface area is 221 Å². The third-order valence-electron chi connectivity index (χ3n) is 6.84. The molecular formula is C28H30N6O2S. The molecule has 2 aliphatic rings. The number of hydrogen-bond acceptors (Lipinski definition) is 8. The van der Waals surface area contributed by atoms with Crippen molar-refractivity contribution in [3.8, 4) is 17.7 Å². The van der Waals surface area contributed by atoms with Gasteiger partial charge in [0.15, 0.2) is 0 Å². The molecule has 5 rings (SSSR count). The van der Waals surface area contributed by atoms with Crippen LogP contribution in [0.1, 0.15) is 51.1 Å². The first-order valence-electron chi connectivity index (χ1n) is 12.5. The van der Waals surface area contributed by atoms with Crippen LogP contribution < -0.4 is 15.8 Å². The third-order valence-corrected chi connectivity index (χ3v) is 7.95. The van der Waals surface area contributed by atoms with E-state index in [1.54, 1.807) is 23.9 Å². The van der Waals surface area contributed by atoms with Crippen molar-refractivity contribution in [3.63, 3.8) is 0 Å². The van der Waals surface area contributed by atoms with Crippen LogP contribution in [0.3, 0.4) is 0 Å². The summed E-state index contributed by atoms with van der Waals surface area (Å²) in [4.78, 5) is 24.3. The fourth-order valence-electron chi connectivity index (χ4n) is 4.90. The topological polar surface area (TPSA) is 117 Å². The van der Waals surface area contributed by atoms with Gasteiger partial charge in [0.25, 0.3) is 0 Å². The maximum absolute atomic E-state index is 11.3. The summed E-state index contributed by atoms with van der Waals surface area (Å²) in [6.07, 6.45) is 2.86. The Morgan fingerprint density at radius 3 is 2.54 bits per heavy atom. The van der Waals surface area contributed by atoms with Crippen LogP contribution in [-0.4, -0.2) is 45.7 Å². The zero-order valence-corrected chi connectivity index (χ0v) is 21.9. The number of hydrogen-bond donors (Lipinski definition) is 2. The molecule has 0 spiro atoms. The quantitative estimate of drug-likeness (QED) is 0.470. The highest BCUT2D eigenvalue weighted by Gasteiger charge is 2.25. The highest BCUT2D eigenvalue weighted by molar-refractivity contribution is 7.99. The van der Waals surface area contributed by atoms with Gasteiger partial charge in [-0.15, -0.1) is 11.8 Å². The molecular weight excluding hydrogens is 484 g/mol. The summed E-state index contributed by atoms with van der Waals surface area (Å²) in [6.45, 7) is 6.68. The first-order chi connectivity index (χ1) is 17.9. The molecule has 37 heavy (non-hydrogen) atoms. The molecule has 0 saturated carbocycles. The molecule has 0 aliphatic carbocycles. The number of aromatic nitrogens is 2. The van der Waals surface area contributed by atoms with E-state index >= 15 is 0 Å². The van der Waals surface area contributed by atoms with Crippen molar-refractivity contribution < 1.29 is 9.53 Å². The standard InChI is InChI=1S/C28H30N6O2S/c1-17-13-20(15-29)14-18(2)24(17)36-27-25-23(9-12-37-25)32-28(33-27)31-22-7-10-34(11-8-22)16-19-3-5-21(6-4-19)26(30)35/h3-6,13-14,22H,7-12,16H2,1-2H3,(H2,30,35)(H,31,32,33). The van der Waals surface area contributed by atoms with Crippen LogP contribution in [0.15, 0.2) is 41.3 Å². The van der Waals surface area contributed by atoms with Gasteiger partial charge in [0, 0.05) is 43.4 Å². The minimum atomic E-state index is -0.401. The summed E-state index contributed by atoms with van der Waals surface area (Å²) in [6, 6.07) is 13.7. The van der Waals surface area contributed by atoms with Crippen LogP contribution in [0.2, 0.25) is 0 Å². The summed E-state index contributed by atoms with van der Waals surface area (Å²) < 4.78 is 6.36. The molecule has 3 heterocycles. The molecule has 0 unspecified atom stereocenters. The van der Waals surface area contributed by atoms with E-state index in [1.807, 2.05) is 38.1 Å². The van der Waals surface area contributed by atoms with Gasteiger partial charge in [-0.05, 0) is 67.6 Å². The number of thioether (sulfide) groups is 1. The van der Waals surface area contributed by atoms with Crippen LogP contribution in [0.25, 0.3) is 0 Å². The minimum Gasteiger partial charge on any atom is -0.437 e. The number of amides is 1. The molecule has 9 heteroatoms. The monoisotopic (exact) mass is 514 g/mol. The number of nitrogens with zero attached hydrogens (tertiary/aromatic N) is 4. The number of carbonyl (C=O) groups is 1. The van der Waals surface area contributed by atoms with Crippen LogP contribution in [-0.2, 0) is 13.0 Å². The summed E-state index contributed by atoms with van der Waals surface area (Å²) in [5, 5.41) is 12.8. The van der Waals surface area contributed by atoms with Gasteiger partial charge in [-0.3, -0.25) is 9.69 Å². The van der Waals surface area contributed by atoms with E-state index in [2.05, 4.69) is 16.3 Å². The van der Waals surface area contributed by atoms with Crippen LogP contribution in [0, 0.1) is 25.2 Å². The maximum atomic E-state index is 11.3. The van der Waals surface area contributed by atoms with Gasteiger partial charge in [-0.25, -0.2) is 4.98 Å². The average Bonchev–Trinajstić information content (AvgIpc) is 3.36. The zero-order chi connectivity index (χ0) is 25.9. The second-order valence-electron chi connectivity index (χ2n) is 9.64. The van der Waals surface area contributed by atoms with E-state index in [1.165, 1.54) is 5.56 Å². The smallest absolute Gasteiger partial charge is 0.248 e. The first kappa shape index (κ1) is 25.1. The van der Waals surface area contributed by atoms with Gasteiger partial charge in [0.1, 0.15) is 5.75 Å². The minimum absolute atomic E-state index is 0.284. The van der Waals surface area contributed by atoms with Crippen molar-refractivity contribution in [2.24, 2.45) is 5.73 Å². The molecule has 1 saturated heterocycles. The Morgan fingerprint density at radius 1 is 1.19 bits per heavy atom. The summed E-state index contributed by atoms with van der Waals surface area (Å²) in [5.41, 5.74) is 10.5. The number of aryl methyl sites for hydroxylation is 3. The second kappa shape index (κ2) is 10.8. The van der Waals surface area contributed by atoms with Crippen molar-refractivity contribution in [2.45, 2.75) is 50.6 Å². The average molecular weight is 515 g/mol. The van der Waals surface area contributed by atoms with Crippen LogP contribution in [0.5, 0.6) is 11.6 Å². The number of anilines is 1. The molecule has 0 atom stereocenters. The zero-order valence-electron chi connectivity index (χ0n) is 21.1. The van der Waals surface area contributed by atoms with Crippen molar-refractivity contribution in [1.29, 1.82) is 5.26 Å². The third kappa shape index (κ3) is 5.71. The highest BCUT2D eigenvalue weighted by Crippen LogP contribution is 2.41. The summed E-state index contributed by atoms with van der Waals surface area (Å²) in [7, 11) is 0. The SMILES string of the molecule is Cc1cc(C#N)cc(C)c1Oc1nc(NC2CCN(Cc3ccc(C(N)=O)cc3)CC2)nc2c1SCC2. The lowest BCUT2D eigenvalue weighted by molar-refractivity contribution is 0.1000. The fraction of sp³-hybridized carbons (Fsp3) is 0.357. The molecule has 8 nitrogen and oxygen atoms in total. The number of fused-ring (bicyclic) bond motifs is 1. The molecule has 1 aromatic heterocycles. The van der Waals surface area contributed by atoms with Crippen molar-refractivity contribution in [1.82, 2.24) is 14.9 Å². The number of nitriles is 1. The van der Waals surface area contributed by atoms with E-state index in [0.29, 0.717) is 23.0 Å². The molecule has 2 aliphatic heterocycles. The highest BCUT2D eigenvalue weighted by atomic mass is 32.2. The molecule has 190 valence electrons. The molecule has 0 bridgehead atoms. The van der Waals surface area contributed by atoms with Crippen molar-refractivity contribution in [3.05, 3.63) is 69.9 Å². The summed E-state index contributed by atoms with van der Waals surface area (Å²) >= 11 is 1.73. The lowest BCUT2D eigenvalue weighted by atomic mass is 10.0. The van der Waals surface area contributed by atoms with E-state index in [0.717, 1.165) is 72.1 Å². The number of likely N-dealkylation sites (tertiary alicyclic amines) is 1. The molecule has 1 amide bonds. The number of nitrogens with one attached hydrogen (secondary N) is 1. The number of piperidine rings is 1. The predicted octanol–water partition coefficient (Wildman–Crippen LogP) is 4.58. The number of ether oxygens (including phenoxy) is 1. The Hall–Kier alpha value is -3.61. The fourth-order valence-corrected chi connectivity index (χ4v) is 5.92. The van der Waals surface area contributed by atoms with E-state index in [4.69, 9.17) is 20.4 Å². The molecule has 3 aromatic rings. The summed E-state index contributed by atoms with van der Waals surface area (Å²) in [5.74, 6) is 2.51. The number of rotatable bonds is 7. The number of nitrogens with two attached hydrogens (primary N) is 1. The van der Waals surface area contributed by atoms with Crippen molar-refractivity contribution >= 4 is 23.6 Å². The van der Waals surface area contributed by atoms with Gasteiger partial charge >= 0.3 is 0 Å². The van der Waals surface area contributed by atoms with Gasteiger partial charge < -0.3 is 15.8 Å². The Kier molecular flexibility index (Phi) is 7.31. The van der Waals surface area contributed by atoms with Gasteiger partial charge in [-0.2, -0.15) is 10.2 Å². The van der Waals surface area contributed by atoms with Gasteiger partial charge in [0.05, 0.1) is 22.2 Å². The number of carbonyl (C=O) groups excluding carboxylic acids is 1. The van der Waals surface area contributed by atoms with Gasteiger partial charge in [-0.1, -0.05) is 12.1 Å². The lowest BCUT2D eigenvalue weighted by Gasteiger charge is -2.32. The van der Waals surface area contributed by atoms with Crippen LogP contribution >= 0.6 is 11.8 Å². The molecule has 0 radical (unpaired) electrons. The largest absolute Gasteiger partial charge is 0.437 e.